The fraction of sp³-hybridized carbons (Fsp3) is 0.222. The number of carbonyl (C=O) groups is 2. The number of nitrogens with zero attached hydrogens (tertiary/aromatic N) is 1. The average molecular weight is 178 g/mol. The zero-order valence-corrected chi connectivity index (χ0v) is 7.50. The van der Waals surface area contributed by atoms with Crippen LogP contribution in [-0.2, 0) is 4.79 Å². The Hall–Kier alpha value is -1.71. The third kappa shape index (κ3) is 2.11. The average Bonchev–Trinajstić information content (AvgIpc) is 1.96. The predicted molar refractivity (Wildman–Crippen MR) is 49.5 cm³/mol. The number of hydrogen-bond acceptors (Lipinski definition) is 2. The molecule has 4 nitrogen and oxygen atoms in total. The summed E-state index contributed by atoms with van der Waals surface area (Å²) in [7, 11) is 0. The van der Waals surface area contributed by atoms with E-state index < -0.39 is 6.03 Å². The Balaban J connectivity index is 3.12. The minimum absolute atomic E-state index is 0.0848. The minimum atomic E-state index is -0.746. The van der Waals surface area contributed by atoms with Crippen molar-refractivity contribution in [2.24, 2.45) is 10.7 Å². The number of primary amides is 1. The molecule has 1 aliphatic carbocycles. The Kier molecular flexibility index (Phi) is 2.41. The van der Waals surface area contributed by atoms with Crippen molar-refractivity contribution in [3.8, 4) is 0 Å². The molecular formula is C9H10N2O2. The topological polar surface area (TPSA) is 72.5 Å². The molecule has 0 unspecified atom stereocenters. The fourth-order valence-corrected chi connectivity index (χ4v) is 1.20. The van der Waals surface area contributed by atoms with E-state index in [0.717, 1.165) is 0 Å². The van der Waals surface area contributed by atoms with E-state index in [1.165, 1.54) is 12.2 Å². The second-order valence-corrected chi connectivity index (χ2v) is 2.86. The van der Waals surface area contributed by atoms with Crippen molar-refractivity contribution in [3.05, 3.63) is 23.3 Å². The van der Waals surface area contributed by atoms with Crippen LogP contribution in [0.3, 0.4) is 0 Å². The van der Waals surface area contributed by atoms with Gasteiger partial charge in [0.05, 0.1) is 5.71 Å². The zero-order chi connectivity index (χ0) is 10.0. The fourth-order valence-electron chi connectivity index (χ4n) is 1.20. The summed E-state index contributed by atoms with van der Waals surface area (Å²) in [6.07, 6.45) is 2.85. The van der Waals surface area contributed by atoms with Crippen LogP contribution in [0.2, 0.25) is 0 Å². The van der Waals surface area contributed by atoms with E-state index >= 15 is 0 Å². The zero-order valence-electron chi connectivity index (χ0n) is 7.50. The monoisotopic (exact) mass is 178 g/mol. The maximum Gasteiger partial charge on any atom is 0.338 e. The third-order valence-corrected chi connectivity index (χ3v) is 1.69. The molecule has 0 aromatic rings. The Morgan fingerprint density at radius 3 is 2.15 bits per heavy atom. The second kappa shape index (κ2) is 3.35. The van der Waals surface area contributed by atoms with Crippen molar-refractivity contribution in [2.75, 3.05) is 0 Å². The summed E-state index contributed by atoms with van der Waals surface area (Å²) in [5.74, 6) is -0.0848. The van der Waals surface area contributed by atoms with E-state index in [1.54, 1.807) is 13.8 Å². The summed E-state index contributed by atoms with van der Waals surface area (Å²) >= 11 is 0. The normalized spacial score (nSPS) is 16.5. The lowest BCUT2D eigenvalue weighted by molar-refractivity contribution is -0.110. The van der Waals surface area contributed by atoms with Gasteiger partial charge in [-0.15, -0.1) is 0 Å². The first-order valence-electron chi connectivity index (χ1n) is 3.80. The Bertz CT molecular complexity index is 338. The first kappa shape index (κ1) is 9.38. The number of urea groups is 1. The van der Waals surface area contributed by atoms with Crippen LogP contribution < -0.4 is 5.73 Å². The van der Waals surface area contributed by atoms with Gasteiger partial charge in [0.2, 0.25) is 0 Å². The van der Waals surface area contributed by atoms with Gasteiger partial charge < -0.3 is 5.73 Å². The van der Waals surface area contributed by atoms with Crippen LogP contribution >= 0.6 is 0 Å². The van der Waals surface area contributed by atoms with E-state index in [0.29, 0.717) is 16.9 Å². The number of hydrogen-bond donors (Lipinski definition) is 1. The van der Waals surface area contributed by atoms with Crippen LogP contribution in [-0.4, -0.2) is 17.5 Å². The molecule has 2 N–H and O–H groups in total. The molecule has 0 fully saturated rings. The Morgan fingerprint density at radius 2 is 1.77 bits per heavy atom. The number of ketones is 1. The van der Waals surface area contributed by atoms with Crippen molar-refractivity contribution in [2.45, 2.75) is 13.8 Å². The molecule has 68 valence electrons. The maximum atomic E-state index is 11.0. The SMILES string of the molecule is CC1=CC(=O)C=C(C)C1=NC(N)=O. The highest BCUT2D eigenvalue weighted by atomic mass is 16.2. The van der Waals surface area contributed by atoms with Crippen LogP contribution in [0.25, 0.3) is 0 Å². The van der Waals surface area contributed by atoms with Crippen LogP contribution in [0.4, 0.5) is 4.79 Å². The summed E-state index contributed by atoms with van der Waals surface area (Å²) in [6.45, 7) is 3.44. The van der Waals surface area contributed by atoms with E-state index in [9.17, 15) is 9.59 Å². The molecule has 13 heavy (non-hydrogen) atoms. The van der Waals surface area contributed by atoms with Crippen molar-refractivity contribution in [1.29, 1.82) is 0 Å². The molecule has 0 aromatic carbocycles. The number of amides is 2. The van der Waals surface area contributed by atoms with Crippen molar-refractivity contribution < 1.29 is 9.59 Å². The number of carbonyl (C=O) groups excluding carboxylic acids is 2. The van der Waals surface area contributed by atoms with Crippen molar-refractivity contribution >= 4 is 17.5 Å². The Morgan fingerprint density at radius 1 is 1.31 bits per heavy atom. The molecule has 1 rings (SSSR count). The molecule has 0 spiro atoms. The first-order chi connectivity index (χ1) is 6.00. The second-order valence-electron chi connectivity index (χ2n) is 2.86. The molecule has 4 heteroatoms. The van der Waals surface area contributed by atoms with E-state index in [1.807, 2.05) is 0 Å². The number of nitrogens with two attached hydrogens (primary N) is 1. The van der Waals surface area contributed by atoms with E-state index in [-0.39, 0.29) is 5.78 Å². The molecule has 0 aromatic heterocycles. The van der Waals surface area contributed by atoms with E-state index in [4.69, 9.17) is 5.73 Å². The van der Waals surface area contributed by atoms with Gasteiger partial charge in [-0.2, -0.15) is 4.99 Å². The summed E-state index contributed by atoms with van der Waals surface area (Å²) in [5, 5.41) is 0. The smallest absolute Gasteiger partial charge is 0.338 e. The molecule has 1 aliphatic rings. The first-order valence-corrected chi connectivity index (χ1v) is 3.80. The van der Waals surface area contributed by atoms with Gasteiger partial charge in [0.25, 0.3) is 0 Å². The van der Waals surface area contributed by atoms with Gasteiger partial charge in [-0.05, 0) is 37.1 Å². The summed E-state index contributed by atoms with van der Waals surface area (Å²) in [5.41, 5.74) is 6.75. The predicted octanol–water partition coefficient (Wildman–Crippen LogP) is 0.981. The van der Waals surface area contributed by atoms with E-state index in [2.05, 4.69) is 4.99 Å². The molecular weight excluding hydrogens is 168 g/mol. The van der Waals surface area contributed by atoms with Crippen molar-refractivity contribution in [3.63, 3.8) is 0 Å². The van der Waals surface area contributed by atoms with Crippen LogP contribution in [0.5, 0.6) is 0 Å². The van der Waals surface area contributed by atoms with Crippen LogP contribution in [0.15, 0.2) is 28.3 Å². The lowest BCUT2D eigenvalue weighted by Gasteiger charge is -2.09. The third-order valence-electron chi connectivity index (χ3n) is 1.69. The molecule has 0 atom stereocenters. The molecule has 0 aliphatic heterocycles. The van der Waals surface area contributed by atoms with Crippen LogP contribution in [0.1, 0.15) is 13.8 Å². The minimum Gasteiger partial charge on any atom is -0.350 e. The van der Waals surface area contributed by atoms with Gasteiger partial charge in [0.1, 0.15) is 0 Å². The molecule has 0 saturated heterocycles. The molecule has 0 saturated carbocycles. The quantitative estimate of drug-likeness (QED) is 0.561. The number of allylic oxidation sites excluding steroid dienone is 4. The van der Waals surface area contributed by atoms with Gasteiger partial charge >= 0.3 is 6.03 Å². The number of aliphatic imine (C=N–C) groups is 1. The highest BCUT2D eigenvalue weighted by Crippen LogP contribution is 2.13. The summed E-state index contributed by atoms with van der Waals surface area (Å²) < 4.78 is 0. The maximum absolute atomic E-state index is 11.0. The molecule has 0 heterocycles. The largest absolute Gasteiger partial charge is 0.350 e. The highest BCUT2D eigenvalue weighted by Gasteiger charge is 2.13. The summed E-state index contributed by atoms with van der Waals surface area (Å²) in [4.78, 5) is 25.1. The standard InChI is InChI=1S/C9H10N2O2/c1-5-3-7(12)4-6(2)8(5)11-9(10)13/h3-4H,1-2H3,(H2,10,13). The van der Waals surface area contributed by atoms with Gasteiger partial charge in [-0.25, -0.2) is 4.79 Å². The lowest BCUT2D eigenvalue weighted by Crippen LogP contribution is -2.15. The molecule has 0 bridgehead atoms. The lowest BCUT2D eigenvalue weighted by atomic mass is 9.97. The van der Waals surface area contributed by atoms with Crippen LogP contribution in [0, 0.1) is 0 Å². The molecule has 2 amide bonds. The Labute approximate surface area is 75.8 Å². The van der Waals surface area contributed by atoms with Crippen molar-refractivity contribution in [1.82, 2.24) is 0 Å². The van der Waals surface area contributed by atoms with Gasteiger partial charge in [-0.1, -0.05) is 0 Å². The van der Waals surface area contributed by atoms with Gasteiger partial charge in [0, 0.05) is 0 Å². The molecule has 0 radical (unpaired) electrons. The summed E-state index contributed by atoms with van der Waals surface area (Å²) in [6, 6.07) is -0.746. The van der Waals surface area contributed by atoms with Gasteiger partial charge in [0.15, 0.2) is 5.78 Å². The van der Waals surface area contributed by atoms with Gasteiger partial charge in [-0.3, -0.25) is 4.79 Å². The number of rotatable bonds is 0. The highest BCUT2D eigenvalue weighted by molar-refractivity contribution is 6.23.